The Labute approximate surface area is 164 Å². The molecule has 1 aliphatic rings. The summed E-state index contributed by atoms with van der Waals surface area (Å²) in [6.45, 7) is 3.97. The lowest BCUT2D eigenvalue weighted by atomic mass is 10.0. The number of hydrogen-bond donors (Lipinski definition) is 2. The lowest BCUT2D eigenvalue weighted by Gasteiger charge is -2.28. The van der Waals surface area contributed by atoms with Crippen molar-refractivity contribution in [3.8, 4) is 17.2 Å². The number of aromatic nitrogens is 1. The Morgan fingerprint density at radius 3 is 2.82 bits per heavy atom. The number of hydrogen-bond acceptors (Lipinski definition) is 4. The normalized spacial score (nSPS) is 16.2. The topological polar surface area (TPSA) is 71.7 Å². The molecule has 0 amide bonds. The molecule has 4 rings (SSSR count). The summed E-state index contributed by atoms with van der Waals surface area (Å²) in [5.41, 5.74) is 2.91. The van der Waals surface area contributed by atoms with Gasteiger partial charge in [-0.05, 0) is 25.1 Å². The van der Waals surface area contributed by atoms with Crippen molar-refractivity contribution < 1.29 is 9.15 Å². The van der Waals surface area contributed by atoms with E-state index in [-0.39, 0.29) is 6.04 Å². The van der Waals surface area contributed by atoms with Crippen LogP contribution in [0.25, 0.3) is 11.5 Å². The lowest BCUT2D eigenvalue weighted by Crippen LogP contribution is -2.41. The second-order valence-electron chi connectivity index (χ2n) is 6.58. The third-order valence-electron chi connectivity index (χ3n) is 4.59. The van der Waals surface area contributed by atoms with Gasteiger partial charge in [0.2, 0.25) is 5.89 Å². The highest BCUT2D eigenvalue weighted by Gasteiger charge is 2.21. The standard InChI is InChI=1S/C22H24N4O2/c1-2-23-22(26-19-12-13-27-20-11-7-6-10-18(19)20)24-14-17-15-28-21(25-17)16-8-4-3-5-9-16/h3-11,15,19H,2,12-14H2,1H3,(H2,23,24,26). The van der Waals surface area contributed by atoms with E-state index in [9.17, 15) is 0 Å². The van der Waals surface area contributed by atoms with Gasteiger partial charge in [0.15, 0.2) is 5.96 Å². The van der Waals surface area contributed by atoms with Gasteiger partial charge in [0.1, 0.15) is 17.7 Å². The number of guanidine groups is 1. The molecule has 28 heavy (non-hydrogen) atoms. The molecule has 0 fully saturated rings. The minimum absolute atomic E-state index is 0.167. The number of ether oxygens (including phenoxy) is 1. The predicted octanol–water partition coefficient (Wildman–Crippen LogP) is 3.92. The van der Waals surface area contributed by atoms with Crippen molar-refractivity contribution in [2.75, 3.05) is 13.2 Å². The first-order valence-corrected chi connectivity index (χ1v) is 9.60. The molecule has 0 bridgehead atoms. The summed E-state index contributed by atoms with van der Waals surface area (Å²) in [5, 5.41) is 6.83. The molecule has 6 nitrogen and oxygen atoms in total. The first-order valence-electron chi connectivity index (χ1n) is 9.60. The second-order valence-corrected chi connectivity index (χ2v) is 6.58. The molecule has 0 radical (unpaired) electrons. The number of benzene rings is 2. The second kappa shape index (κ2) is 8.61. The number of aliphatic imine (C=N–C) groups is 1. The quantitative estimate of drug-likeness (QED) is 0.522. The summed E-state index contributed by atoms with van der Waals surface area (Å²) in [7, 11) is 0. The Morgan fingerprint density at radius 2 is 1.96 bits per heavy atom. The fourth-order valence-electron chi connectivity index (χ4n) is 3.23. The minimum Gasteiger partial charge on any atom is -0.493 e. The van der Waals surface area contributed by atoms with E-state index in [1.54, 1.807) is 6.26 Å². The van der Waals surface area contributed by atoms with Gasteiger partial charge in [0.25, 0.3) is 0 Å². The Bertz CT molecular complexity index is 936. The molecule has 1 aliphatic heterocycles. The van der Waals surface area contributed by atoms with Crippen LogP contribution in [-0.2, 0) is 6.54 Å². The number of oxazole rings is 1. The molecule has 144 valence electrons. The Balaban J connectivity index is 1.47. The summed E-state index contributed by atoms with van der Waals surface area (Å²) in [6, 6.07) is 18.2. The van der Waals surface area contributed by atoms with Crippen LogP contribution in [0.15, 0.2) is 70.3 Å². The van der Waals surface area contributed by atoms with Crippen LogP contribution >= 0.6 is 0 Å². The predicted molar refractivity (Wildman–Crippen MR) is 109 cm³/mol. The smallest absolute Gasteiger partial charge is 0.226 e. The van der Waals surface area contributed by atoms with Crippen LogP contribution in [0.2, 0.25) is 0 Å². The van der Waals surface area contributed by atoms with E-state index in [1.807, 2.05) is 48.5 Å². The lowest BCUT2D eigenvalue weighted by molar-refractivity contribution is 0.261. The van der Waals surface area contributed by atoms with Crippen molar-refractivity contribution >= 4 is 5.96 Å². The van der Waals surface area contributed by atoms with Gasteiger partial charge in [-0.2, -0.15) is 0 Å². The largest absolute Gasteiger partial charge is 0.493 e. The third-order valence-corrected chi connectivity index (χ3v) is 4.59. The van der Waals surface area contributed by atoms with Crippen molar-refractivity contribution in [3.63, 3.8) is 0 Å². The van der Waals surface area contributed by atoms with Gasteiger partial charge in [-0.25, -0.2) is 9.98 Å². The van der Waals surface area contributed by atoms with E-state index >= 15 is 0 Å². The zero-order chi connectivity index (χ0) is 19.2. The van der Waals surface area contributed by atoms with Crippen LogP contribution in [0.1, 0.15) is 30.6 Å². The maximum Gasteiger partial charge on any atom is 0.226 e. The molecule has 6 heteroatoms. The molecular formula is C22H24N4O2. The molecule has 1 unspecified atom stereocenters. The summed E-state index contributed by atoms with van der Waals surface area (Å²) >= 11 is 0. The molecule has 0 saturated carbocycles. The molecular weight excluding hydrogens is 352 g/mol. The molecule has 1 aromatic heterocycles. The average Bonchev–Trinajstić information content (AvgIpc) is 3.22. The molecule has 0 aliphatic carbocycles. The summed E-state index contributed by atoms with van der Waals surface area (Å²) in [6.07, 6.45) is 2.56. The maximum atomic E-state index is 5.75. The van der Waals surface area contributed by atoms with E-state index in [1.165, 1.54) is 0 Å². The van der Waals surface area contributed by atoms with Gasteiger partial charge in [-0.3, -0.25) is 0 Å². The van der Waals surface area contributed by atoms with Crippen LogP contribution in [0.4, 0.5) is 0 Å². The first-order chi connectivity index (χ1) is 13.8. The molecule has 2 aromatic carbocycles. The number of rotatable bonds is 5. The highest BCUT2D eigenvalue weighted by Crippen LogP contribution is 2.31. The first kappa shape index (κ1) is 18.1. The number of nitrogens with one attached hydrogen (secondary N) is 2. The van der Waals surface area contributed by atoms with E-state index in [0.717, 1.165) is 41.5 Å². The fourth-order valence-corrected chi connectivity index (χ4v) is 3.23. The average molecular weight is 376 g/mol. The monoisotopic (exact) mass is 376 g/mol. The van der Waals surface area contributed by atoms with Crippen LogP contribution < -0.4 is 15.4 Å². The number of fused-ring (bicyclic) bond motifs is 1. The highest BCUT2D eigenvalue weighted by molar-refractivity contribution is 5.80. The molecule has 0 spiro atoms. The van der Waals surface area contributed by atoms with Gasteiger partial charge >= 0.3 is 0 Å². The van der Waals surface area contributed by atoms with Gasteiger partial charge in [-0.1, -0.05) is 36.4 Å². The summed E-state index contributed by atoms with van der Waals surface area (Å²) in [4.78, 5) is 9.23. The molecule has 3 aromatic rings. The van der Waals surface area contributed by atoms with Gasteiger partial charge in [0.05, 0.1) is 19.2 Å². The number of nitrogens with zero attached hydrogens (tertiary/aromatic N) is 2. The van der Waals surface area contributed by atoms with Crippen LogP contribution in [0.3, 0.4) is 0 Å². The zero-order valence-corrected chi connectivity index (χ0v) is 15.9. The van der Waals surface area contributed by atoms with Crippen molar-refractivity contribution in [2.45, 2.75) is 25.9 Å². The van der Waals surface area contributed by atoms with E-state index in [0.29, 0.717) is 19.0 Å². The molecule has 0 saturated heterocycles. The van der Waals surface area contributed by atoms with E-state index in [2.05, 4.69) is 33.6 Å². The minimum atomic E-state index is 0.167. The van der Waals surface area contributed by atoms with Gasteiger partial charge < -0.3 is 19.8 Å². The van der Waals surface area contributed by atoms with Crippen molar-refractivity contribution in [1.29, 1.82) is 0 Å². The molecule has 1 atom stereocenters. The van der Waals surface area contributed by atoms with E-state index < -0.39 is 0 Å². The highest BCUT2D eigenvalue weighted by atomic mass is 16.5. The fraction of sp³-hybridized carbons (Fsp3) is 0.273. The van der Waals surface area contributed by atoms with Crippen molar-refractivity contribution in [3.05, 3.63) is 72.1 Å². The van der Waals surface area contributed by atoms with Crippen LogP contribution in [0, 0.1) is 0 Å². The maximum absolute atomic E-state index is 5.75. The van der Waals surface area contributed by atoms with E-state index in [4.69, 9.17) is 9.15 Å². The van der Waals surface area contributed by atoms with Crippen molar-refractivity contribution in [1.82, 2.24) is 15.6 Å². The number of para-hydroxylation sites is 1. The Hall–Kier alpha value is -3.28. The molecule has 2 heterocycles. The zero-order valence-electron chi connectivity index (χ0n) is 15.9. The van der Waals surface area contributed by atoms with Crippen LogP contribution in [-0.4, -0.2) is 24.1 Å². The van der Waals surface area contributed by atoms with Gasteiger partial charge in [-0.15, -0.1) is 0 Å². The Kier molecular flexibility index (Phi) is 5.56. The summed E-state index contributed by atoms with van der Waals surface area (Å²) < 4.78 is 11.3. The van der Waals surface area contributed by atoms with Crippen LogP contribution in [0.5, 0.6) is 5.75 Å². The SMILES string of the molecule is CCNC(=NCc1coc(-c2ccccc2)n1)NC1CCOc2ccccc21. The van der Waals surface area contributed by atoms with Crippen molar-refractivity contribution in [2.24, 2.45) is 4.99 Å². The van der Waals surface area contributed by atoms with Gasteiger partial charge in [0, 0.05) is 24.1 Å². The summed E-state index contributed by atoms with van der Waals surface area (Å²) in [5.74, 6) is 2.31. The third kappa shape index (κ3) is 4.17. The Morgan fingerprint density at radius 1 is 1.14 bits per heavy atom. The molecule has 2 N–H and O–H groups in total.